The zero-order chi connectivity index (χ0) is 17.1. The van der Waals surface area contributed by atoms with Crippen molar-refractivity contribution in [3.63, 3.8) is 0 Å². The van der Waals surface area contributed by atoms with E-state index in [2.05, 4.69) is 15.1 Å². The number of hydrogen-bond donors (Lipinski definition) is 0. The largest absolute Gasteiger partial charge is 0.367 e. The number of hydrogen-bond acceptors (Lipinski definition) is 6. The van der Waals surface area contributed by atoms with Gasteiger partial charge in [0, 0.05) is 30.4 Å². The molecule has 1 unspecified atom stereocenters. The first kappa shape index (κ1) is 16.6. The molecular weight excluding hydrogens is 308 g/mol. The standard InChI is InChI=1S/C17H22N4O3/c1-11-6-7-18-17(19-11)15-10-21(8-9-23-15)16(22)5-4-14-12(2)20-24-13(14)3/h6-7,15H,4-5,8-10H2,1-3H3. The van der Waals surface area contributed by atoms with Crippen LogP contribution in [0.2, 0.25) is 0 Å². The Morgan fingerprint density at radius 2 is 2.21 bits per heavy atom. The SMILES string of the molecule is Cc1ccnc(C2CN(C(=O)CCc3c(C)noc3C)CCO2)n1. The molecule has 1 atom stereocenters. The molecule has 7 heteroatoms. The Kier molecular flexibility index (Phi) is 4.89. The van der Waals surface area contributed by atoms with Gasteiger partial charge < -0.3 is 14.2 Å². The third kappa shape index (κ3) is 3.62. The Hall–Kier alpha value is -2.28. The van der Waals surface area contributed by atoms with Crippen LogP contribution in [-0.4, -0.2) is 45.6 Å². The maximum atomic E-state index is 12.5. The Bertz CT molecular complexity index is 709. The molecule has 0 N–H and O–H groups in total. The lowest BCUT2D eigenvalue weighted by Crippen LogP contribution is -2.42. The number of aryl methyl sites for hydroxylation is 3. The molecule has 1 fully saturated rings. The Labute approximate surface area is 141 Å². The number of rotatable bonds is 4. The van der Waals surface area contributed by atoms with Crippen molar-refractivity contribution in [1.82, 2.24) is 20.0 Å². The highest BCUT2D eigenvalue weighted by atomic mass is 16.5. The van der Waals surface area contributed by atoms with E-state index in [1.807, 2.05) is 31.7 Å². The summed E-state index contributed by atoms with van der Waals surface area (Å²) >= 11 is 0. The van der Waals surface area contributed by atoms with Crippen molar-refractivity contribution in [2.45, 2.75) is 39.7 Å². The van der Waals surface area contributed by atoms with Gasteiger partial charge in [-0.3, -0.25) is 4.79 Å². The molecule has 0 aliphatic carbocycles. The molecule has 128 valence electrons. The first-order chi connectivity index (χ1) is 11.5. The molecular formula is C17H22N4O3. The van der Waals surface area contributed by atoms with Gasteiger partial charge in [-0.25, -0.2) is 9.97 Å². The van der Waals surface area contributed by atoms with Gasteiger partial charge in [-0.2, -0.15) is 0 Å². The zero-order valence-electron chi connectivity index (χ0n) is 14.3. The molecule has 0 aromatic carbocycles. The second kappa shape index (κ2) is 7.09. The number of carbonyl (C=O) groups excluding carboxylic acids is 1. The van der Waals surface area contributed by atoms with Gasteiger partial charge in [-0.15, -0.1) is 0 Å². The summed E-state index contributed by atoms with van der Waals surface area (Å²) in [5.74, 6) is 1.53. The van der Waals surface area contributed by atoms with Crippen molar-refractivity contribution in [2.24, 2.45) is 0 Å². The Morgan fingerprint density at radius 1 is 1.38 bits per heavy atom. The number of aromatic nitrogens is 3. The summed E-state index contributed by atoms with van der Waals surface area (Å²) in [6, 6.07) is 1.85. The fourth-order valence-corrected chi connectivity index (χ4v) is 2.90. The van der Waals surface area contributed by atoms with Crippen molar-refractivity contribution >= 4 is 5.91 Å². The van der Waals surface area contributed by atoms with Crippen molar-refractivity contribution < 1.29 is 14.1 Å². The fraction of sp³-hybridized carbons (Fsp3) is 0.529. The quantitative estimate of drug-likeness (QED) is 0.852. The third-order valence-corrected chi connectivity index (χ3v) is 4.29. The summed E-state index contributed by atoms with van der Waals surface area (Å²) in [6.07, 6.45) is 2.54. The van der Waals surface area contributed by atoms with E-state index in [4.69, 9.17) is 9.26 Å². The van der Waals surface area contributed by atoms with Gasteiger partial charge in [0.1, 0.15) is 11.9 Å². The minimum Gasteiger partial charge on any atom is -0.367 e. The molecule has 24 heavy (non-hydrogen) atoms. The van der Waals surface area contributed by atoms with Crippen molar-refractivity contribution in [1.29, 1.82) is 0 Å². The molecule has 1 amide bonds. The Morgan fingerprint density at radius 3 is 2.92 bits per heavy atom. The van der Waals surface area contributed by atoms with Gasteiger partial charge in [0.05, 0.1) is 18.8 Å². The van der Waals surface area contributed by atoms with Crippen LogP contribution in [0.1, 0.15) is 41.1 Å². The van der Waals surface area contributed by atoms with Gasteiger partial charge in [0.15, 0.2) is 5.82 Å². The van der Waals surface area contributed by atoms with Crippen molar-refractivity contribution in [2.75, 3.05) is 19.7 Å². The predicted molar refractivity (Wildman–Crippen MR) is 86.3 cm³/mol. The summed E-state index contributed by atoms with van der Waals surface area (Å²) in [5, 5.41) is 3.93. The van der Waals surface area contributed by atoms with Gasteiger partial charge in [-0.05, 0) is 33.3 Å². The van der Waals surface area contributed by atoms with Crippen LogP contribution in [0, 0.1) is 20.8 Å². The zero-order valence-corrected chi connectivity index (χ0v) is 14.3. The fourth-order valence-electron chi connectivity index (χ4n) is 2.90. The molecule has 3 heterocycles. The smallest absolute Gasteiger partial charge is 0.223 e. The molecule has 2 aromatic heterocycles. The number of morpholine rings is 1. The Balaban J connectivity index is 1.61. The van der Waals surface area contributed by atoms with Gasteiger partial charge >= 0.3 is 0 Å². The van der Waals surface area contributed by atoms with E-state index in [1.54, 1.807) is 6.20 Å². The number of nitrogens with zero attached hydrogens (tertiary/aromatic N) is 4. The predicted octanol–water partition coefficient (Wildman–Crippen LogP) is 1.92. The van der Waals surface area contributed by atoms with E-state index in [1.165, 1.54) is 0 Å². The minimum absolute atomic E-state index is 0.107. The van der Waals surface area contributed by atoms with Gasteiger partial charge in [-0.1, -0.05) is 5.16 Å². The second-order valence-electron chi connectivity index (χ2n) is 6.06. The van der Waals surface area contributed by atoms with Crippen molar-refractivity contribution in [3.8, 4) is 0 Å². The summed E-state index contributed by atoms with van der Waals surface area (Å²) in [4.78, 5) is 23.0. The molecule has 3 rings (SSSR count). The third-order valence-electron chi connectivity index (χ3n) is 4.29. The van der Waals surface area contributed by atoms with E-state index < -0.39 is 0 Å². The maximum absolute atomic E-state index is 12.5. The molecule has 1 aliphatic rings. The lowest BCUT2D eigenvalue weighted by Gasteiger charge is -2.32. The van der Waals surface area contributed by atoms with Crippen LogP contribution < -0.4 is 0 Å². The summed E-state index contributed by atoms with van der Waals surface area (Å²) < 4.78 is 10.9. The van der Waals surface area contributed by atoms with Gasteiger partial charge in [0.2, 0.25) is 5.91 Å². The van der Waals surface area contributed by atoms with E-state index in [0.717, 1.165) is 22.7 Å². The molecule has 0 saturated carbocycles. The normalized spacial score (nSPS) is 18.0. The van der Waals surface area contributed by atoms with Crippen LogP contribution in [0.5, 0.6) is 0 Å². The molecule has 0 bridgehead atoms. The minimum atomic E-state index is -0.262. The first-order valence-corrected chi connectivity index (χ1v) is 8.15. The molecule has 7 nitrogen and oxygen atoms in total. The van der Waals surface area contributed by atoms with Crippen LogP contribution in [0.15, 0.2) is 16.8 Å². The first-order valence-electron chi connectivity index (χ1n) is 8.15. The monoisotopic (exact) mass is 330 g/mol. The lowest BCUT2D eigenvalue weighted by atomic mass is 10.1. The van der Waals surface area contributed by atoms with Crippen LogP contribution in [0.3, 0.4) is 0 Å². The highest BCUT2D eigenvalue weighted by Gasteiger charge is 2.27. The molecule has 2 aromatic rings. The maximum Gasteiger partial charge on any atom is 0.223 e. The van der Waals surface area contributed by atoms with Crippen molar-refractivity contribution in [3.05, 3.63) is 40.8 Å². The lowest BCUT2D eigenvalue weighted by molar-refractivity contribution is -0.139. The average Bonchev–Trinajstić information content (AvgIpc) is 2.91. The number of amides is 1. The van der Waals surface area contributed by atoms with Crippen LogP contribution in [0.25, 0.3) is 0 Å². The summed E-state index contributed by atoms with van der Waals surface area (Å²) in [6.45, 7) is 7.28. The topological polar surface area (TPSA) is 81.4 Å². The average molecular weight is 330 g/mol. The molecule has 1 aliphatic heterocycles. The highest BCUT2D eigenvalue weighted by Crippen LogP contribution is 2.21. The highest BCUT2D eigenvalue weighted by molar-refractivity contribution is 5.76. The second-order valence-corrected chi connectivity index (χ2v) is 6.06. The van der Waals surface area contributed by atoms with E-state index in [9.17, 15) is 4.79 Å². The molecule has 1 saturated heterocycles. The molecule has 0 spiro atoms. The van der Waals surface area contributed by atoms with Crippen LogP contribution in [0.4, 0.5) is 0 Å². The van der Waals surface area contributed by atoms with Crippen LogP contribution >= 0.6 is 0 Å². The number of ether oxygens (including phenoxy) is 1. The van der Waals surface area contributed by atoms with E-state index >= 15 is 0 Å². The van der Waals surface area contributed by atoms with E-state index in [-0.39, 0.29) is 12.0 Å². The van der Waals surface area contributed by atoms with E-state index in [0.29, 0.717) is 38.4 Å². The number of carbonyl (C=O) groups is 1. The summed E-state index contributed by atoms with van der Waals surface area (Å²) in [7, 11) is 0. The van der Waals surface area contributed by atoms with Gasteiger partial charge in [0.25, 0.3) is 0 Å². The summed E-state index contributed by atoms with van der Waals surface area (Å²) in [5.41, 5.74) is 2.77. The van der Waals surface area contributed by atoms with Crippen LogP contribution in [-0.2, 0) is 16.0 Å². The molecule has 0 radical (unpaired) electrons.